The van der Waals surface area contributed by atoms with Crippen molar-refractivity contribution >= 4 is 29.1 Å². The number of nitriles is 1. The van der Waals surface area contributed by atoms with E-state index in [-0.39, 0.29) is 30.6 Å². The molecule has 7 nitrogen and oxygen atoms in total. The first-order valence-electron chi connectivity index (χ1n) is 12.1. The average Bonchev–Trinajstić information content (AvgIpc) is 3.54. The molecule has 36 heavy (non-hydrogen) atoms. The standard InChI is InChI=1S/C27H30FN3O4S/c1-27(2,3)35-26(34)31-20-7-6-18(10-20)24(31)22(32)9-15(13-29)8-17-5-4-16(11-21(17)28)19-12-23(25(30)33)36-14-19/h4-5,11-12,14-15,18,20,24H,6-10H2,1-3H3,(H2,30,33)/t15-,18+,20-,24+/m1/s1. The molecular weight excluding hydrogens is 481 g/mol. The summed E-state index contributed by atoms with van der Waals surface area (Å²) in [5.74, 6) is -1.84. The number of halogens is 1. The molecule has 1 saturated carbocycles. The van der Waals surface area contributed by atoms with Crippen LogP contribution in [-0.4, -0.2) is 40.4 Å². The maximum atomic E-state index is 14.9. The maximum absolute atomic E-state index is 14.9. The topological polar surface area (TPSA) is 113 Å². The number of thiophene rings is 1. The number of primary amides is 1. The molecule has 2 aliphatic rings. The average molecular weight is 512 g/mol. The molecule has 0 spiro atoms. The van der Waals surface area contributed by atoms with Gasteiger partial charge in [0.25, 0.3) is 5.91 Å². The monoisotopic (exact) mass is 511 g/mol. The van der Waals surface area contributed by atoms with Gasteiger partial charge in [-0.15, -0.1) is 11.3 Å². The summed E-state index contributed by atoms with van der Waals surface area (Å²) in [6, 6.07) is 7.84. The van der Waals surface area contributed by atoms with Gasteiger partial charge in [-0.2, -0.15) is 5.26 Å². The SMILES string of the molecule is CC(C)(C)OC(=O)N1[C@@H]2CC[C@@H](C2)[C@H]1C(=O)C[C@H](C#N)Cc1ccc(-c2csc(C(N)=O)c2)cc1F. The first-order valence-corrected chi connectivity index (χ1v) is 13.0. The number of nitrogens with zero attached hydrogens (tertiary/aromatic N) is 2. The van der Waals surface area contributed by atoms with Crippen LogP contribution in [0, 0.1) is 29.0 Å². The summed E-state index contributed by atoms with van der Waals surface area (Å²) < 4.78 is 20.5. The van der Waals surface area contributed by atoms with Crippen LogP contribution in [0.1, 0.15) is 61.7 Å². The van der Waals surface area contributed by atoms with Gasteiger partial charge in [-0.3, -0.25) is 14.5 Å². The second kappa shape index (κ2) is 10.0. The number of piperidine rings is 1. The lowest BCUT2D eigenvalue weighted by Crippen LogP contribution is -2.51. The van der Waals surface area contributed by atoms with Gasteiger partial charge in [0.15, 0.2) is 5.78 Å². The third kappa shape index (κ3) is 5.44. The van der Waals surface area contributed by atoms with Gasteiger partial charge in [0.05, 0.1) is 22.9 Å². The molecule has 4 rings (SSSR count). The third-order valence-corrected chi connectivity index (χ3v) is 7.79. The number of hydrogen-bond acceptors (Lipinski definition) is 6. The zero-order valence-corrected chi connectivity index (χ0v) is 21.4. The van der Waals surface area contributed by atoms with Crippen LogP contribution in [-0.2, 0) is 16.0 Å². The lowest BCUT2D eigenvalue weighted by molar-refractivity contribution is -0.126. The van der Waals surface area contributed by atoms with Crippen molar-refractivity contribution < 1.29 is 23.5 Å². The molecule has 1 aliphatic carbocycles. The summed E-state index contributed by atoms with van der Waals surface area (Å²) in [6.45, 7) is 5.36. The Morgan fingerprint density at radius 3 is 2.61 bits per heavy atom. The number of benzene rings is 1. The fraction of sp³-hybridized carbons (Fsp3) is 0.481. The van der Waals surface area contributed by atoms with E-state index in [0.29, 0.717) is 21.6 Å². The van der Waals surface area contributed by atoms with Crippen molar-refractivity contribution in [2.75, 3.05) is 0 Å². The molecule has 1 aliphatic heterocycles. The molecule has 0 unspecified atom stereocenters. The van der Waals surface area contributed by atoms with Gasteiger partial charge >= 0.3 is 6.09 Å². The molecule has 190 valence electrons. The molecule has 0 radical (unpaired) electrons. The Hall–Kier alpha value is -3.25. The first-order chi connectivity index (χ1) is 17.0. The van der Waals surface area contributed by atoms with Gasteiger partial charge in [-0.05, 0) is 86.6 Å². The first kappa shape index (κ1) is 25.8. The molecule has 2 amide bonds. The van der Waals surface area contributed by atoms with E-state index in [9.17, 15) is 24.0 Å². The van der Waals surface area contributed by atoms with Crippen molar-refractivity contribution in [3.63, 3.8) is 0 Å². The molecular formula is C27H30FN3O4S. The fourth-order valence-corrected chi connectivity index (χ4v) is 6.05. The molecule has 2 N–H and O–H groups in total. The van der Waals surface area contributed by atoms with Crippen molar-refractivity contribution in [2.45, 2.75) is 70.6 Å². The van der Waals surface area contributed by atoms with Crippen molar-refractivity contribution in [2.24, 2.45) is 17.6 Å². The minimum atomic E-state index is -0.722. The van der Waals surface area contributed by atoms with Gasteiger partial charge in [-0.1, -0.05) is 12.1 Å². The maximum Gasteiger partial charge on any atom is 0.411 e. The summed E-state index contributed by atoms with van der Waals surface area (Å²) in [5.41, 5.74) is 6.24. The summed E-state index contributed by atoms with van der Waals surface area (Å²) in [5, 5.41) is 11.5. The number of nitrogens with two attached hydrogens (primary N) is 1. The van der Waals surface area contributed by atoms with Gasteiger partial charge in [0, 0.05) is 12.5 Å². The van der Waals surface area contributed by atoms with Crippen LogP contribution < -0.4 is 5.73 Å². The number of ketones is 1. The van der Waals surface area contributed by atoms with E-state index >= 15 is 0 Å². The highest BCUT2D eigenvalue weighted by Crippen LogP contribution is 2.44. The van der Waals surface area contributed by atoms with Crippen LogP contribution in [0.3, 0.4) is 0 Å². The van der Waals surface area contributed by atoms with Crippen LogP contribution >= 0.6 is 11.3 Å². The van der Waals surface area contributed by atoms with Crippen LogP contribution in [0.5, 0.6) is 0 Å². The highest BCUT2D eigenvalue weighted by Gasteiger charge is 2.52. The minimum absolute atomic E-state index is 0.0171. The smallest absolute Gasteiger partial charge is 0.411 e. The minimum Gasteiger partial charge on any atom is -0.444 e. The Labute approximate surface area is 214 Å². The number of carbonyl (C=O) groups is 3. The lowest BCUT2D eigenvalue weighted by Gasteiger charge is -2.35. The Morgan fingerprint density at radius 1 is 1.25 bits per heavy atom. The highest BCUT2D eigenvalue weighted by molar-refractivity contribution is 7.12. The normalized spacial score (nSPS) is 21.8. The summed E-state index contributed by atoms with van der Waals surface area (Å²) >= 11 is 1.19. The van der Waals surface area contributed by atoms with Crippen LogP contribution in [0.2, 0.25) is 0 Å². The number of amides is 2. The van der Waals surface area contributed by atoms with E-state index in [0.717, 1.165) is 19.3 Å². The second-order valence-corrected chi connectivity index (χ2v) is 11.5. The zero-order chi connectivity index (χ0) is 26.2. The molecule has 2 heterocycles. The van der Waals surface area contributed by atoms with Crippen molar-refractivity contribution in [3.05, 3.63) is 45.9 Å². The highest BCUT2D eigenvalue weighted by atomic mass is 32.1. The molecule has 2 aromatic rings. The summed E-state index contributed by atoms with van der Waals surface area (Å²) in [6.07, 6.45) is 2.01. The third-order valence-electron chi connectivity index (χ3n) is 6.84. The number of ether oxygens (including phenoxy) is 1. The van der Waals surface area contributed by atoms with Crippen molar-refractivity contribution in [1.82, 2.24) is 4.90 Å². The zero-order valence-electron chi connectivity index (χ0n) is 20.6. The number of fused-ring (bicyclic) bond motifs is 2. The molecule has 1 aromatic carbocycles. The Morgan fingerprint density at radius 2 is 2.00 bits per heavy atom. The molecule has 2 bridgehead atoms. The van der Waals surface area contributed by atoms with E-state index in [4.69, 9.17) is 10.5 Å². The van der Waals surface area contributed by atoms with Gasteiger partial charge in [0.1, 0.15) is 11.4 Å². The van der Waals surface area contributed by atoms with Crippen molar-refractivity contribution in [1.29, 1.82) is 5.26 Å². The molecule has 1 saturated heterocycles. The molecule has 4 atom stereocenters. The quantitative estimate of drug-likeness (QED) is 0.557. The Balaban J connectivity index is 1.45. The molecule has 1 aromatic heterocycles. The second-order valence-electron chi connectivity index (χ2n) is 10.6. The summed E-state index contributed by atoms with van der Waals surface area (Å²) in [7, 11) is 0. The van der Waals surface area contributed by atoms with Gasteiger partial charge in [-0.25, -0.2) is 9.18 Å². The number of likely N-dealkylation sites (tertiary alicyclic amines) is 1. The fourth-order valence-electron chi connectivity index (χ4n) is 5.28. The number of hydrogen-bond donors (Lipinski definition) is 1. The predicted molar refractivity (Wildman–Crippen MR) is 134 cm³/mol. The largest absolute Gasteiger partial charge is 0.444 e. The lowest BCUT2D eigenvalue weighted by atomic mass is 9.87. The van der Waals surface area contributed by atoms with Crippen LogP contribution in [0.25, 0.3) is 11.1 Å². The van der Waals surface area contributed by atoms with E-state index in [1.807, 2.05) is 0 Å². The predicted octanol–water partition coefficient (Wildman–Crippen LogP) is 5.08. The van der Waals surface area contributed by atoms with E-state index in [1.165, 1.54) is 17.4 Å². The van der Waals surface area contributed by atoms with E-state index in [1.54, 1.807) is 49.3 Å². The Kier molecular flexibility index (Phi) is 7.19. The van der Waals surface area contributed by atoms with E-state index < -0.39 is 35.4 Å². The summed E-state index contributed by atoms with van der Waals surface area (Å²) in [4.78, 5) is 39.5. The van der Waals surface area contributed by atoms with Crippen molar-refractivity contribution in [3.8, 4) is 17.2 Å². The Bertz CT molecular complexity index is 1230. The van der Waals surface area contributed by atoms with Crippen LogP contribution in [0.15, 0.2) is 29.6 Å². The molecule has 9 heteroatoms. The van der Waals surface area contributed by atoms with E-state index in [2.05, 4.69) is 6.07 Å². The number of carbonyl (C=O) groups excluding carboxylic acids is 3. The number of rotatable bonds is 7. The van der Waals surface area contributed by atoms with Crippen LogP contribution in [0.4, 0.5) is 9.18 Å². The number of Topliss-reactive ketones (excluding diaryl/α,β-unsaturated/α-hetero) is 1. The molecule has 2 fully saturated rings. The van der Waals surface area contributed by atoms with Gasteiger partial charge in [0.2, 0.25) is 0 Å². The van der Waals surface area contributed by atoms with Gasteiger partial charge < -0.3 is 10.5 Å².